The standard InChI is InChI=1S/C19H15F3N2O2/c1-26-16-7-5-14(6-8-16)17-10-18(25)24(12-23-17)11-13-3-2-4-15(9-13)19(20,21)22/h2-10,12H,11H2,1H3. The first-order chi connectivity index (χ1) is 12.4. The summed E-state index contributed by atoms with van der Waals surface area (Å²) in [5, 5.41) is 0. The van der Waals surface area contributed by atoms with Crippen LogP contribution in [0.25, 0.3) is 11.3 Å². The summed E-state index contributed by atoms with van der Waals surface area (Å²) >= 11 is 0. The largest absolute Gasteiger partial charge is 0.497 e. The molecule has 0 bridgehead atoms. The van der Waals surface area contributed by atoms with E-state index in [1.54, 1.807) is 37.4 Å². The van der Waals surface area contributed by atoms with Crippen molar-refractivity contribution in [3.05, 3.63) is 82.4 Å². The molecule has 0 fully saturated rings. The Labute approximate surface area is 147 Å². The van der Waals surface area contributed by atoms with E-state index in [0.717, 1.165) is 17.7 Å². The fourth-order valence-electron chi connectivity index (χ4n) is 2.51. The minimum atomic E-state index is -4.42. The smallest absolute Gasteiger partial charge is 0.416 e. The normalized spacial score (nSPS) is 11.4. The fraction of sp³-hybridized carbons (Fsp3) is 0.158. The predicted molar refractivity (Wildman–Crippen MR) is 91.0 cm³/mol. The molecule has 4 nitrogen and oxygen atoms in total. The summed E-state index contributed by atoms with van der Waals surface area (Å²) < 4.78 is 44.7. The number of hydrogen-bond donors (Lipinski definition) is 0. The zero-order chi connectivity index (χ0) is 18.7. The average molecular weight is 360 g/mol. The molecule has 0 radical (unpaired) electrons. The monoisotopic (exact) mass is 360 g/mol. The summed E-state index contributed by atoms with van der Waals surface area (Å²) in [6.07, 6.45) is -3.08. The number of aromatic nitrogens is 2. The zero-order valence-electron chi connectivity index (χ0n) is 13.8. The van der Waals surface area contributed by atoms with Gasteiger partial charge in [0.2, 0.25) is 0 Å². The van der Waals surface area contributed by atoms with Gasteiger partial charge in [0.25, 0.3) is 5.56 Å². The van der Waals surface area contributed by atoms with E-state index in [1.165, 1.54) is 23.0 Å². The van der Waals surface area contributed by atoms with Gasteiger partial charge in [0.1, 0.15) is 5.75 Å². The molecule has 0 spiro atoms. The second-order valence-electron chi connectivity index (χ2n) is 5.67. The molecule has 7 heteroatoms. The molecule has 0 atom stereocenters. The van der Waals surface area contributed by atoms with Crippen molar-refractivity contribution in [1.29, 1.82) is 0 Å². The Bertz CT molecular complexity index is 964. The van der Waals surface area contributed by atoms with Crippen LogP contribution in [0.4, 0.5) is 13.2 Å². The highest BCUT2D eigenvalue weighted by Crippen LogP contribution is 2.29. The lowest BCUT2D eigenvalue weighted by molar-refractivity contribution is -0.137. The third kappa shape index (κ3) is 3.93. The van der Waals surface area contributed by atoms with E-state index in [0.29, 0.717) is 17.0 Å². The number of halogens is 3. The van der Waals surface area contributed by atoms with Crippen molar-refractivity contribution in [2.45, 2.75) is 12.7 Å². The van der Waals surface area contributed by atoms with Crippen LogP contribution in [0.15, 0.2) is 65.7 Å². The number of ether oxygens (including phenoxy) is 1. The van der Waals surface area contributed by atoms with Crippen LogP contribution in [0.2, 0.25) is 0 Å². The summed E-state index contributed by atoms with van der Waals surface area (Å²) in [4.78, 5) is 16.5. The number of nitrogens with zero attached hydrogens (tertiary/aromatic N) is 2. The van der Waals surface area contributed by atoms with Crippen molar-refractivity contribution in [1.82, 2.24) is 9.55 Å². The number of rotatable bonds is 4. The van der Waals surface area contributed by atoms with Gasteiger partial charge >= 0.3 is 6.18 Å². The molecular weight excluding hydrogens is 345 g/mol. The fourth-order valence-corrected chi connectivity index (χ4v) is 2.51. The van der Waals surface area contributed by atoms with Crippen LogP contribution in [0.3, 0.4) is 0 Å². The average Bonchev–Trinajstić information content (AvgIpc) is 2.63. The van der Waals surface area contributed by atoms with Gasteiger partial charge in [-0.2, -0.15) is 13.2 Å². The van der Waals surface area contributed by atoms with Crippen molar-refractivity contribution in [2.75, 3.05) is 7.11 Å². The highest BCUT2D eigenvalue weighted by molar-refractivity contribution is 5.59. The van der Waals surface area contributed by atoms with Crippen LogP contribution in [-0.4, -0.2) is 16.7 Å². The van der Waals surface area contributed by atoms with Crippen molar-refractivity contribution < 1.29 is 17.9 Å². The molecular formula is C19H15F3N2O2. The van der Waals surface area contributed by atoms with Gasteiger partial charge in [-0.3, -0.25) is 9.36 Å². The van der Waals surface area contributed by atoms with Crippen LogP contribution in [-0.2, 0) is 12.7 Å². The van der Waals surface area contributed by atoms with E-state index in [4.69, 9.17) is 4.74 Å². The lowest BCUT2D eigenvalue weighted by Gasteiger charge is -2.10. The molecule has 3 rings (SSSR count). The molecule has 1 aromatic heterocycles. The number of benzene rings is 2. The van der Waals surface area contributed by atoms with Crippen molar-refractivity contribution >= 4 is 0 Å². The maximum Gasteiger partial charge on any atom is 0.416 e. The van der Waals surface area contributed by atoms with E-state index < -0.39 is 11.7 Å². The molecule has 0 amide bonds. The summed E-state index contributed by atoms with van der Waals surface area (Å²) in [5.74, 6) is 0.687. The van der Waals surface area contributed by atoms with Crippen molar-refractivity contribution in [3.63, 3.8) is 0 Å². The predicted octanol–water partition coefficient (Wildman–Crippen LogP) is 3.99. The van der Waals surface area contributed by atoms with Crippen LogP contribution in [0.5, 0.6) is 5.75 Å². The summed E-state index contributed by atoms with van der Waals surface area (Å²) in [7, 11) is 1.56. The maximum absolute atomic E-state index is 12.8. The highest BCUT2D eigenvalue weighted by Gasteiger charge is 2.30. The van der Waals surface area contributed by atoms with Crippen LogP contribution < -0.4 is 10.3 Å². The van der Waals surface area contributed by atoms with E-state index in [-0.39, 0.29) is 12.1 Å². The molecule has 0 aliphatic carbocycles. The first-order valence-corrected chi connectivity index (χ1v) is 7.74. The second-order valence-corrected chi connectivity index (χ2v) is 5.67. The Hall–Kier alpha value is -3.09. The summed E-state index contributed by atoms with van der Waals surface area (Å²) in [5.41, 5.74) is 0.516. The van der Waals surface area contributed by atoms with Gasteiger partial charge in [-0.05, 0) is 42.0 Å². The molecule has 26 heavy (non-hydrogen) atoms. The van der Waals surface area contributed by atoms with Crippen molar-refractivity contribution in [3.8, 4) is 17.0 Å². The zero-order valence-corrected chi connectivity index (χ0v) is 13.8. The third-order valence-corrected chi connectivity index (χ3v) is 3.87. The molecule has 0 aliphatic rings. The van der Waals surface area contributed by atoms with Crippen molar-refractivity contribution in [2.24, 2.45) is 0 Å². The Morgan fingerprint density at radius 1 is 1.08 bits per heavy atom. The third-order valence-electron chi connectivity index (χ3n) is 3.87. The number of alkyl halides is 3. The molecule has 2 aromatic carbocycles. The van der Waals surface area contributed by atoms with Gasteiger partial charge in [-0.15, -0.1) is 0 Å². The topological polar surface area (TPSA) is 44.1 Å². The Kier molecular flexibility index (Phi) is 4.79. The van der Waals surface area contributed by atoms with Crippen LogP contribution >= 0.6 is 0 Å². The lowest BCUT2D eigenvalue weighted by Crippen LogP contribution is -2.20. The Morgan fingerprint density at radius 3 is 2.42 bits per heavy atom. The minimum Gasteiger partial charge on any atom is -0.497 e. The Balaban J connectivity index is 1.85. The minimum absolute atomic E-state index is 0.0125. The molecule has 0 saturated heterocycles. The van der Waals surface area contributed by atoms with E-state index >= 15 is 0 Å². The molecule has 0 N–H and O–H groups in total. The second kappa shape index (κ2) is 7.03. The van der Waals surface area contributed by atoms with E-state index in [1.807, 2.05) is 0 Å². The van der Waals surface area contributed by atoms with Gasteiger partial charge in [-0.25, -0.2) is 4.98 Å². The maximum atomic E-state index is 12.8. The van der Waals surface area contributed by atoms with Crippen LogP contribution in [0, 0.1) is 0 Å². The molecule has 3 aromatic rings. The van der Waals surface area contributed by atoms with E-state index in [2.05, 4.69) is 4.98 Å². The van der Waals surface area contributed by atoms with Gasteiger partial charge < -0.3 is 4.74 Å². The molecule has 0 saturated carbocycles. The van der Waals surface area contributed by atoms with Gasteiger partial charge in [-0.1, -0.05) is 12.1 Å². The Morgan fingerprint density at radius 2 is 1.81 bits per heavy atom. The van der Waals surface area contributed by atoms with Gasteiger partial charge in [0.05, 0.1) is 31.2 Å². The summed E-state index contributed by atoms with van der Waals surface area (Å²) in [6, 6.07) is 13.3. The first-order valence-electron chi connectivity index (χ1n) is 7.74. The van der Waals surface area contributed by atoms with Gasteiger partial charge in [0, 0.05) is 11.6 Å². The van der Waals surface area contributed by atoms with Crippen LogP contribution in [0.1, 0.15) is 11.1 Å². The molecule has 1 heterocycles. The first kappa shape index (κ1) is 17.7. The quantitative estimate of drug-likeness (QED) is 0.707. The molecule has 0 unspecified atom stereocenters. The molecule has 0 aliphatic heterocycles. The van der Waals surface area contributed by atoms with Gasteiger partial charge in [0.15, 0.2) is 0 Å². The number of hydrogen-bond acceptors (Lipinski definition) is 3. The number of methoxy groups -OCH3 is 1. The molecule has 134 valence electrons. The SMILES string of the molecule is COc1ccc(-c2cc(=O)n(Cc3cccc(C(F)(F)F)c3)cn2)cc1. The summed E-state index contributed by atoms with van der Waals surface area (Å²) in [6.45, 7) is 0.0125. The van der Waals surface area contributed by atoms with E-state index in [9.17, 15) is 18.0 Å². The lowest BCUT2D eigenvalue weighted by atomic mass is 10.1. The highest BCUT2D eigenvalue weighted by atomic mass is 19.4.